The standard InChI is InChI=1S/C21H20N4O7/c1-12(26)32-15-10-9-14(11-16(15)31-3)24(21(29)30)17-18(22)25(13-7-5-4-6-8-13)20(28)23(2)19(17)27/h4-11H,22H2,1-3H3,(H,29,30). The van der Waals surface area contributed by atoms with Crippen LogP contribution in [0.15, 0.2) is 58.1 Å². The molecule has 2 aromatic carbocycles. The van der Waals surface area contributed by atoms with Gasteiger partial charge in [-0.2, -0.15) is 0 Å². The van der Waals surface area contributed by atoms with Crippen LogP contribution in [0.4, 0.5) is 22.0 Å². The molecule has 0 bridgehead atoms. The summed E-state index contributed by atoms with van der Waals surface area (Å²) >= 11 is 0. The fourth-order valence-electron chi connectivity index (χ4n) is 3.12. The van der Waals surface area contributed by atoms with E-state index in [0.29, 0.717) is 10.6 Å². The molecule has 0 aliphatic carbocycles. The van der Waals surface area contributed by atoms with Crippen LogP contribution < -0.4 is 31.4 Å². The third-order valence-corrected chi connectivity index (χ3v) is 4.56. The second-order valence-corrected chi connectivity index (χ2v) is 6.60. The fourth-order valence-corrected chi connectivity index (χ4v) is 3.12. The first-order chi connectivity index (χ1) is 15.2. The summed E-state index contributed by atoms with van der Waals surface area (Å²) in [5, 5.41) is 9.94. The van der Waals surface area contributed by atoms with Crippen LogP contribution in [0.5, 0.6) is 11.5 Å². The van der Waals surface area contributed by atoms with Gasteiger partial charge in [-0.1, -0.05) is 18.2 Å². The Bertz CT molecular complexity index is 1310. The fraction of sp³-hybridized carbons (Fsp3) is 0.143. The van der Waals surface area contributed by atoms with Gasteiger partial charge in [0.05, 0.1) is 18.5 Å². The Labute approximate surface area is 181 Å². The Morgan fingerprint density at radius 3 is 2.28 bits per heavy atom. The van der Waals surface area contributed by atoms with Crippen molar-refractivity contribution < 1.29 is 24.2 Å². The van der Waals surface area contributed by atoms with E-state index in [1.165, 1.54) is 39.3 Å². The number of nitrogens with two attached hydrogens (primary N) is 1. The van der Waals surface area contributed by atoms with Crippen molar-refractivity contribution >= 4 is 29.3 Å². The lowest BCUT2D eigenvalue weighted by Gasteiger charge is -2.23. The third-order valence-electron chi connectivity index (χ3n) is 4.56. The molecule has 0 spiro atoms. The quantitative estimate of drug-likeness (QED) is 0.452. The number of nitrogens with zero attached hydrogens (tertiary/aromatic N) is 3. The number of para-hydroxylation sites is 1. The van der Waals surface area contributed by atoms with Crippen molar-refractivity contribution in [3.8, 4) is 17.2 Å². The van der Waals surface area contributed by atoms with Crippen LogP contribution in [0.2, 0.25) is 0 Å². The summed E-state index contributed by atoms with van der Waals surface area (Å²) in [4.78, 5) is 49.8. The predicted molar refractivity (Wildman–Crippen MR) is 116 cm³/mol. The molecule has 3 aromatic rings. The number of hydrogen-bond donors (Lipinski definition) is 2. The molecule has 11 nitrogen and oxygen atoms in total. The highest BCUT2D eigenvalue weighted by Crippen LogP contribution is 2.35. The van der Waals surface area contributed by atoms with E-state index in [0.717, 1.165) is 9.13 Å². The number of anilines is 3. The maximum atomic E-state index is 12.9. The molecule has 0 atom stereocenters. The molecule has 0 radical (unpaired) electrons. The highest BCUT2D eigenvalue weighted by molar-refractivity contribution is 5.98. The van der Waals surface area contributed by atoms with E-state index in [4.69, 9.17) is 15.2 Å². The second kappa shape index (κ2) is 8.68. The molecule has 0 aliphatic rings. The largest absolute Gasteiger partial charge is 0.493 e. The summed E-state index contributed by atoms with van der Waals surface area (Å²) in [5.41, 5.74) is 4.39. The van der Waals surface area contributed by atoms with Gasteiger partial charge in [0.1, 0.15) is 5.82 Å². The van der Waals surface area contributed by atoms with Crippen molar-refractivity contribution in [1.82, 2.24) is 9.13 Å². The molecule has 1 aromatic heterocycles. The summed E-state index contributed by atoms with van der Waals surface area (Å²) in [7, 11) is 2.53. The molecule has 0 fully saturated rings. The van der Waals surface area contributed by atoms with Gasteiger partial charge >= 0.3 is 17.8 Å². The SMILES string of the molecule is COc1cc(N(C(=O)O)c2c(N)n(-c3ccccc3)c(=O)n(C)c2=O)ccc1OC(C)=O. The number of nitrogen functional groups attached to an aromatic ring is 1. The van der Waals surface area contributed by atoms with Gasteiger partial charge in [-0.15, -0.1) is 0 Å². The molecular weight excluding hydrogens is 420 g/mol. The number of rotatable bonds is 5. The van der Waals surface area contributed by atoms with Crippen molar-refractivity contribution in [3.63, 3.8) is 0 Å². The smallest absolute Gasteiger partial charge is 0.416 e. The number of carbonyl (C=O) groups is 2. The Kier molecular flexibility index (Phi) is 6.01. The summed E-state index contributed by atoms with van der Waals surface area (Å²) < 4.78 is 12.0. The van der Waals surface area contributed by atoms with Crippen molar-refractivity contribution in [1.29, 1.82) is 0 Å². The van der Waals surface area contributed by atoms with Crippen LogP contribution in [0, 0.1) is 0 Å². The van der Waals surface area contributed by atoms with Gasteiger partial charge in [-0.3, -0.25) is 14.2 Å². The molecule has 32 heavy (non-hydrogen) atoms. The first-order valence-electron chi connectivity index (χ1n) is 9.23. The van der Waals surface area contributed by atoms with Gasteiger partial charge in [0.25, 0.3) is 5.56 Å². The lowest BCUT2D eigenvalue weighted by atomic mass is 10.2. The lowest BCUT2D eigenvalue weighted by molar-refractivity contribution is -0.132. The molecule has 0 unspecified atom stereocenters. The van der Waals surface area contributed by atoms with Crippen LogP contribution in [0.25, 0.3) is 5.69 Å². The minimum atomic E-state index is -1.53. The number of amides is 1. The average molecular weight is 440 g/mol. The molecule has 0 aliphatic heterocycles. The topological polar surface area (TPSA) is 146 Å². The van der Waals surface area contributed by atoms with E-state index >= 15 is 0 Å². The first kappa shape index (κ1) is 22.2. The number of carbonyl (C=O) groups excluding carboxylic acids is 1. The summed E-state index contributed by atoms with van der Waals surface area (Å²) in [6.45, 7) is 1.20. The van der Waals surface area contributed by atoms with Crippen molar-refractivity contribution in [2.45, 2.75) is 6.92 Å². The highest BCUT2D eigenvalue weighted by Gasteiger charge is 2.28. The van der Waals surface area contributed by atoms with Gasteiger partial charge in [0.2, 0.25) is 0 Å². The monoisotopic (exact) mass is 440 g/mol. The molecule has 1 heterocycles. The van der Waals surface area contributed by atoms with Gasteiger partial charge in [-0.25, -0.2) is 19.1 Å². The van der Waals surface area contributed by atoms with Gasteiger partial charge in [0, 0.05) is 20.0 Å². The third kappa shape index (κ3) is 3.90. The molecule has 1 amide bonds. The van der Waals surface area contributed by atoms with Gasteiger partial charge < -0.3 is 20.3 Å². The Morgan fingerprint density at radius 1 is 1.06 bits per heavy atom. The molecular formula is C21H20N4O7. The zero-order valence-corrected chi connectivity index (χ0v) is 17.4. The van der Waals surface area contributed by atoms with Crippen LogP contribution in [0.1, 0.15) is 6.92 Å². The van der Waals surface area contributed by atoms with Crippen LogP contribution in [-0.4, -0.2) is 33.4 Å². The van der Waals surface area contributed by atoms with E-state index in [1.54, 1.807) is 30.3 Å². The Balaban J connectivity index is 2.30. The number of ether oxygens (including phenoxy) is 2. The molecule has 3 rings (SSSR count). The summed E-state index contributed by atoms with van der Waals surface area (Å²) in [6, 6.07) is 12.1. The van der Waals surface area contributed by atoms with E-state index in [9.17, 15) is 24.3 Å². The number of esters is 1. The maximum Gasteiger partial charge on any atom is 0.416 e. The zero-order chi connectivity index (χ0) is 23.6. The Hall–Kier alpha value is -4.54. The normalized spacial score (nSPS) is 10.5. The number of hydrogen-bond acceptors (Lipinski definition) is 7. The minimum absolute atomic E-state index is 0.0210. The minimum Gasteiger partial charge on any atom is -0.493 e. The number of aromatic nitrogens is 2. The molecule has 0 saturated heterocycles. The van der Waals surface area contributed by atoms with Gasteiger partial charge in [-0.05, 0) is 24.3 Å². The van der Waals surface area contributed by atoms with Crippen molar-refractivity contribution in [3.05, 3.63) is 69.4 Å². The zero-order valence-electron chi connectivity index (χ0n) is 17.4. The maximum absolute atomic E-state index is 12.9. The highest BCUT2D eigenvalue weighted by atomic mass is 16.6. The molecule has 11 heteroatoms. The number of benzene rings is 2. The average Bonchev–Trinajstić information content (AvgIpc) is 2.76. The van der Waals surface area contributed by atoms with Gasteiger partial charge in [0.15, 0.2) is 17.2 Å². The van der Waals surface area contributed by atoms with E-state index in [1.807, 2.05) is 0 Å². The summed E-state index contributed by atoms with van der Waals surface area (Å²) in [6.07, 6.45) is -1.53. The predicted octanol–water partition coefficient (Wildman–Crippen LogP) is 1.87. The molecule has 166 valence electrons. The van der Waals surface area contributed by atoms with Crippen molar-refractivity contribution in [2.75, 3.05) is 17.7 Å². The van der Waals surface area contributed by atoms with Crippen LogP contribution >= 0.6 is 0 Å². The molecule has 0 saturated carbocycles. The first-order valence-corrected chi connectivity index (χ1v) is 9.23. The Morgan fingerprint density at radius 2 is 1.72 bits per heavy atom. The van der Waals surface area contributed by atoms with E-state index in [2.05, 4.69) is 0 Å². The van der Waals surface area contributed by atoms with Crippen LogP contribution in [-0.2, 0) is 11.8 Å². The van der Waals surface area contributed by atoms with Crippen molar-refractivity contribution in [2.24, 2.45) is 7.05 Å². The number of methoxy groups -OCH3 is 1. The van der Waals surface area contributed by atoms with E-state index < -0.39 is 29.0 Å². The molecule has 3 N–H and O–H groups in total. The lowest BCUT2D eigenvalue weighted by Crippen LogP contribution is -2.43. The van der Waals surface area contributed by atoms with Crippen LogP contribution in [0.3, 0.4) is 0 Å². The second-order valence-electron chi connectivity index (χ2n) is 6.60. The summed E-state index contributed by atoms with van der Waals surface area (Å²) in [5.74, 6) is -0.853. The number of carboxylic acid groups (broad SMARTS) is 1. The van der Waals surface area contributed by atoms with E-state index in [-0.39, 0.29) is 23.0 Å².